The van der Waals surface area contributed by atoms with Gasteiger partial charge in [-0.1, -0.05) is 6.92 Å². The van der Waals surface area contributed by atoms with Crippen molar-refractivity contribution in [2.75, 3.05) is 11.9 Å². The van der Waals surface area contributed by atoms with E-state index in [9.17, 15) is 14.4 Å². The Kier molecular flexibility index (Phi) is 6.10. The normalized spacial score (nSPS) is 11.6. The van der Waals surface area contributed by atoms with Gasteiger partial charge in [0.05, 0.1) is 0 Å². The first-order chi connectivity index (χ1) is 9.42. The van der Waals surface area contributed by atoms with Gasteiger partial charge in [-0.2, -0.15) is 0 Å². The molecule has 0 aromatic carbocycles. The number of ether oxygens (including phenoxy) is 1. The summed E-state index contributed by atoms with van der Waals surface area (Å²) in [7, 11) is 0. The molecule has 110 valence electrons. The number of rotatable bonds is 6. The summed E-state index contributed by atoms with van der Waals surface area (Å²) >= 11 is 1.11. The van der Waals surface area contributed by atoms with Crippen molar-refractivity contribution in [3.8, 4) is 0 Å². The molecule has 1 aromatic rings. The van der Waals surface area contributed by atoms with E-state index in [1.54, 1.807) is 0 Å². The van der Waals surface area contributed by atoms with Crippen LogP contribution in [0.25, 0.3) is 0 Å². The van der Waals surface area contributed by atoms with Crippen LogP contribution in [0.1, 0.15) is 37.7 Å². The molecule has 1 heterocycles. The predicted octanol–water partition coefficient (Wildman–Crippen LogP) is 1.17. The molecule has 1 aromatic heterocycles. The molecule has 1 rings (SSSR count). The van der Waals surface area contributed by atoms with Crippen LogP contribution < -0.4 is 10.6 Å². The highest BCUT2D eigenvalue weighted by atomic mass is 32.1. The van der Waals surface area contributed by atoms with Crippen molar-refractivity contribution in [2.45, 2.75) is 33.2 Å². The second kappa shape index (κ2) is 7.59. The van der Waals surface area contributed by atoms with Crippen molar-refractivity contribution in [2.24, 2.45) is 0 Å². The van der Waals surface area contributed by atoms with Gasteiger partial charge >= 0.3 is 5.97 Å². The number of carbonyl (C=O) groups excluding carboxylic acids is 3. The van der Waals surface area contributed by atoms with E-state index in [4.69, 9.17) is 4.74 Å². The van der Waals surface area contributed by atoms with Gasteiger partial charge in [0.25, 0.3) is 5.91 Å². The monoisotopic (exact) mass is 299 g/mol. The highest BCUT2D eigenvalue weighted by Gasteiger charge is 2.15. The van der Waals surface area contributed by atoms with E-state index in [-0.39, 0.29) is 30.2 Å². The molecule has 1 atom stereocenters. The molecule has 0 saturated carbocycles. The number of anilines is 1. The minimum atomic E-state index is -0.697. The first kappa shape index (κ1) is 16.1. The zero-order valence-electron chi connectivity index (χ0n) is 11.6. The van der Waals surface area contributed by atoms with Crippen molar-refractivity contribution in [1.82, 2.24) is 10.3 Å². The average molecular weight is 299 g/mol. The molecule has 1 unspecified atom stereocenters. The lowest BCUT2D eigenvalue weighted by Gasteiger charge is -2.10. The zero-order valence-corrected chi connectivity index (χ0v) is 12.4. The first-order valence-corrected chi connectivity index (χ1v) is 7.00. The second-order valence-corrected chi connectivity index (χ2v) is 5.03. The summed E-state index contributed by atoms with van der Waals surface area (Å²) < 4.78 is 4.83. The third-order valence-electron chi connectivity index (χ3n) is 2.35. The number of hydrogen-bond acceptors (Lipinski definition) is 6. The molecule has 0 aliphatic rings. The second-order valence-electron chi connectivity index (χ2n) is 4.17. The minimum Gasteiger partial charge on any atom is -0.451 e. The van der Waals surface area contributed by atoms with Crippen LogP contribution in [-0.2, 0) is 14.3 Å². The maximum absolute atomic E-state index is 11.6. The zero-order chi connectivity index (χ0) is 15.1. The highest BCUT2D eigenvalue weighted by molar-refractivity contribution is 7.14. The van der Waals surface area contributed by atoms with Gasteiger partial charge in [0.2, 0.25) is 5.91 Å². The molecule has 0 spiro atoms. The van der Waals surface area contributed by atoms with Crippen LogP contribution in [0.15, 0.2) is 5.38 Å². The molecule has 0 saturated heterocycles. The molecule has 0 radical (unpaired) electrons. The summed E-state index contributed by atoms with van der Waals surface area (Å²) in [5, 5.41) is 6.91. The summed E-state index contributed by atoms with van der Waals surface area (Å²) in [6.07, 6.45) is 0.797. The molecule has 2 N–H and O–H groups in total. The fourth-order valence-corrected chi connectivity index (χ4v) is 1.92. The summed E-state index contributed by atoms with van der Waals surface area (Å²) in [5.41, 5.74) is 0.0649. The highest BCUT2D eigenvalue weighted by Crippen LogP contribution is 2.15. The van der Waals surface area contributed by atoms with E-state index in [1.807, 2.05) is 13.8 Å². The number of carbonyl (C=O) groups is 3. The van der Waals surface area contributed by atoms with E-state index in [0.29, 0.717) is 5.13 Å². The van der Waals surface area contributed by atoms with Crippen LogP contribution in [-0.4, -0.2) is 35.4 Å². The summed E-state index contributed by atoms with van der Waals surface area (Å²) in [6, 6.07) is 0.0341. The van der Waals surface area contributed by atoms with Crippen LogP contribution in [0.2, 0.25) is 0 Å². The largest absolute Gasteiger partial charge is 0.451 e. The van der Waals surface area contributed by atoms with Gasteiger partial charge in [0, 0.05) is 18.3 Å². The summed E-state index contributed by atoms with van der Waals surface area (Å²) in [4.78, 5) is 37.8. The molecule has 7 nitrogen and oxygen atoms in total. The van der Waals surface area contributed by atoms with Crippen molar-refractivity contribution in [3.63, 3.8) is 0 Å². The molecule has 0 aliphatic carbocycles. The standard InChI is InChI=1S/C12H17N3O4S/c1-4-7(2)13-10(17)5-19-11(18)9-6-20-12(15-9)14-8(3)16/h6-7H,4-5H2,1-3H3,(H,13,17)(H,14,15,16). The van der Waals surface area contributed by atoms with Crippen molar-refractivity contribution >= 4 is 34.3 Å². The molecule has 0 fully saturated rings. The molecule has 2 amide bonds. The van der Waals surface area contributed by atoms with Gasteiger partial charge in [-0.05, 0) is 13.3 Å². The molecule has 8 heteroatoms. The first-order valence-electron chi connectivity index (χ1n) is 6.12. The van der Waals surface area contributed by atoms with Gasteiger partial charge in [-0.25, -0.2) is 9.78 Å². The lowest BCUT2D eigenvalue weighted by Crippen LogP contribution is -2.35. The Morgan fingerprint density at radius 1 is 1.45 bits per heavy atom. The Hall–Kier alpha value is -1.96. The van der Waals surface area contributed by atoms with Crippen LogP contribution in [0.4, 0.5) is 5.13 Å². The van der Waals surface area contributed by atoms with E-state index in [0.717, 1.165) is 17.8 Å². The SMILES string of the molecule is CCC(C)NC(=O)COC(=O)c1csc(NC(C)=O)n1. The third kappa shape index (κ3) is 5.35. The number of nitrogens with one attached hydrogen (secondary N) is 2. The predicted molar refractivity (Wildman–Crippen MR) is 74.6 cm³/mol. The lowest BCUT2D eigenvalue weighted by molar-refractivity contribution is -0.124. The molecule has 0 bridgehead atoms. The van der Waals surface area contributed by atoms with E-state index >= 15 is 0 Å². The Bertz CT molecular complexity index is 501. The number of nitrogens with zero attached hydrogens (tertiary/aromatic N) is 1. The summed E-state index contributed by atoms with van der Waals surface area (Å²) in [5.74, 6) is -1.32. The third-order valence-corrected chi connectivity index (χ3v) is 3.11. The number of amides is 2. The Labute approximate surface area is 120 Å². The molecule has 20 heavy (non-hydrogen) atoms. The Morgan fingerprint density at radius 3 is 2.75 bits per heavy atom. The van der Waals surface area contributed by atoms with Crippen molar-refractivity contribution in [3.05, 3.63) is 11.1 Å². The van der Waals surface area contributed by atoms with Crippen LogP contribution in [0.5, 0.6) is 0 Å². The number of esters is 1. The molecular formula is C12H17N3O4S. The molecular weight excluding hydrogens is 282 g/mol. The van der Waals surface area contributed by atoms with Crippen LogP contribution in [0, 0.1) is 0 Å². The number of aromatic nitrogens is 1. The fourth-order valence-electron chi connectivity index (χ4n) is 1.20. The lowest BCUT2D eigenvalue weighted by atomic mass is 10.2. The van der Waals surface area contributed by atoms with E-state index in [1.165, 1.54) is 12.3 Å². The average Bonchev–Trinajstić information content (AvgIpc) is 2.83. The van der Waals surface area contributed by atoms with E-state index in [2.05, 4.69) is 15.6 Å². The minimum absolute atomic E-state index is 0.0341. The Morgan fingerprint density at radius 2 is 2.15 bits per heavy atom. The number of hydrogen-bond donors (Lipinski definition) is 2. The van der Waals surface area contributed by atoms with Gasteiger partial charge in [0.1, 0.15) is 0 Å². The maximum Gasteiger partial charge on any atom is 0.358 e. The van der Waals surface area contributed by atoms with Crippen molar-refractivity contribution < 1.29 is 19.1 Å². The topological polar surface area (TPSA) is 97.4 Å². The van der Waals surface area contributed by atoms with Gasteiger partial charge < -0.3 is 15.4 Å². The van der Waals surface area contributed by atoms with Gasteiger partial charge in [0.15, 0.2) is 17.4 Å². The Balaban J connectivity index is 2.44. The van der Waals surface area contributed by atoms with Gasteiger partial charge in [-0.15, -0.1) is 11.3 Å². The van der Waals surface area contributed by atoms with Crippen LogP contribution in [0.3, 0.4) is 0 Å². The fraction of sp³-hybridized carbons (Fsp3) is 0.500. The van der Waals surface area contributed by atoms with Crippen molar-refractivity contribution in [1.29, 1.82) is 0 Å². The van der Waals surface area contributed by atoms with Crippen LogP contribution >= 0.6 is 11.3 Å². The van der Waals surface area contributed by atoms with E-state index < -0.39 is 5.97 Å². The smallest absolute Gasteiger partial charge is 0.358 e. The van der Waals surface area contributed by atoms with Gasteiger partial charge in [-0.3, -0.25) is 9.59 Å². The quantitative estimate of drug-likeness (QED) is 0.769. The number of thiazole rings is 1. The molecule has 0 aliphatic heterocycles. The maximum atomic E-state index is 11.6. The summed E-state index contributed by atoms with van der Waals surface area (Å²) in [6.45, 7) is 4.80.